The van der Waals surface area contributed by atoms with Crippen LogP contribution in [0.1, 0.15) is 40.5 Å². The van der Waals surface area contributed by atoms with Crippen LogP contribution in [0.15, 0.2) is 48.1 Å². The summed E-state index contributed by atoms with van der Waals surface area (Å²) in [6, 6.07) is 6.33. The Hall–Kier alpha value is -2.67. The largest absolute Gasteiger partial charge is 0.506 e. The van der Waals surface area contributed by atoms with Gasteiger partial charge in [-0.1, -0.05) is 6.07 Å². The molecule has 1 fully saturated rings. The summed E-state index contributed by atoms with van der Waals surface area (Å²) in [6.45, 7) is 8.28. The molecule has 1 unspecified atom stereocenters. The molecule has 7 nitrogen and oxygen atoms in total. The predicted octanol–water partition coefficient (Wildman–Crippen LogP) is 3.64. The molecular weight excluding hydrogens is 372 g/mol. The monoisotopic (exact) mass is 402 g/mol. The Balaban J connectivity index is 1.68. The molecular formula is C22H30N2O5. The maximum absolute atomic E-state index is 12.6. The highest BCUT2D eigenvalue weighted by Gasteiger charge is 2.40. The third-order valence-corrected chi connectivity index (χ3v) is 4.90. The van der Waals surface area contributed by atoms with Crippen LogP contribution in [0.2, 0.25) is 0 Å². The summed E-state index contributed by atoms with van der Waals surface area (Å²) in [5.74, 6) is 0.374. The van der Waals surface area contributed by atoms with Crippen LogP contribution in [-0.2, 0) is 14.3 Å². The number of allylic oxidation sites excluding steroid dienone is 1. The van der Waals surface area contributed by atoms with Crippen molar-refractivity contribution in [3.8, 4) is 5.75 Å². The summed E-state index contributed by atoms with van der Waals surface area (Å²) in [5, 5.41) is 15.8. The highest BCUT2D eigenvalue weighted by atomic mass is 16.5. The molecule has 0 radical (unpaired) electrons. The van der Waals surface area contributed by atoms with E-state index >= 15 is 0 Å². The number of aliphatic hydroxyl groups excluding tert-OH is 1. The van der Waals surface area contributed by atoms with Gasteiger partial charge in [-0.2, -0.15) is 0 Å². The Kier molecular flexibility index (Phi) is 5.80. The van der Waals surface area contributed by atoms with Gasteiger partial charge >= 0.3 is 0 Å². The molecule has 1 aromatic rings. The van der Waals surface area contributed by atoms with Crippen LogP contribution in [0.3, 0.4) is 0 Å². The quantitative estimate of drug-likeness (QED) is 0.697. The van der Waals surface area contributed by atoms with Gasteiger partial charge < -0.3 is 30.0 Å². The molecule has 0 saturated carbocycles. The highest BCUT2D eigenvalue weighted by molar-refractivity contribution is 5.97. The van der Waals surface area contributed by atoms with Crippen molar-refractivity contribution in [2.75, 3.05) is 12.4 Å². The van der Waals surface area contributed by atoms with Crippen molar-refractivity contribution in [2.24, 2.45) is 0 Å². The first kappa shape index (κ1) is 21.0. The lowest BCUT2D eigenvalue weighted by atomic mass is 9.87. The van der Waals surface area contributed by atoms with Crippen LogP contribution in [-0.4, -0.2) is 41.5 Å². The van der Waals surface area contributed by atoms with Crippen molar-refractivity contribution in [1.29, 1.82) is 0 Å². The maximum Gasteiger partial charge on any atom is 0.254 e. The first-order valence-corrected chi connectivity index (χ1v) is 9.76. The molecule has 1 aromatic carbocycles. The van der Waals surface area contributed by atoms with Gasteiger partial charge in [0.1, 0.15) is 11.9 Å². The second-order valence-corrected chi connectivity index (χ2v) is 8.67. The number of dihydropyridines is 1. The standard InChI is InChI=1S/C22H30N2O5/c1-21(2)12-16(13-22(3,4)29-21)28-15-8-6-7-14(11-15)24-20(26)18-19(25)17(27-5)9-10-23-18/h6-11,16,18,23,25H,12-13H2,1-5H3,(H,24,26). The van der Waals surface area contributed by atoms with Gasteiger partial charge in [-0.25, -0.2) is 0 Å². The SMILES string of the molecule is COC1=C(O)C(C(=O)Nc2cccc(OC3CC(C)(C)OC(C)(C)C3)c2)NC=C1. The smallest absolute Gasteiger partial charge is 0.254 e. The van der Waals surface area contributed by atoms with Gasteiger partial charge in [0.25, 0.3) is 5.91 Å². The molecule has 0 aliphatic carbocycles. The third-order valence-electron chi connectivity index (χ3n) is 4.90. The molecule has 1 amide bonds. The van der Waals surface area contributed by atoms with E-state index in [4.69, 9.17) is 14.2 Å². The topological polar surface area (TPSA) is 89.1 Å². The number of ether oxygens (including phenoxy) is 3. The van der Waals surface area contributed by atoms with Crippen molar-refractivity contribution >= 4 is 11.6 Å². The van der Waals surface area contributed by atoms with Gasteiger partial charge in [-0.15, -0.1) is 0 Å². The number of benzene rings is 1. The fraction of sp³-hybridized carbons (Fsp3) is 0.500. The predicted molar refractivity (Wildman–Crippen MR) is 111 cm³/mol. The molecule has 7 heteroatoms. The van der Waals surface area contributed by atoms with Crippen LogP contribution in [0.25, 0.3) is 0 Å². The van der Waals surface area contributed by atoms with Crippen molar-refractivity contribution in [1.82, 2.24) is 5.32 Å². The number of aliphatic hydroxyl groups is 1. The molecule has 3 N–H and O–H groups in total. The molecule has 0 aromatic heterocycles. The van der Waals surface area contributed by atoms with Gasteiger partial charge in [0.2, 0.25) is 0 Å². The van der Waals surface area contributed by atoms with E-state index in [0.29, 0.717) is 11.4 Å². The fourth-order valence-electron chi connectivity index (χ4n) is 4.04. The third kappa shape index (κ3) is 5.23. The summed E-state index contributed by atoms with van der Waals surface area (Å²) in [6.07, 6.45) is 4.70. The Morgan fingerprint density at radius 3 is 2.59 bits per heavy atom. The minimum absolute atomic E-state index is 0.0149. The van der Waals surface area contributed by atoms with Gasteiger partial charge in [0.05, 0.1) is 18.3 Å². The van der Waals surface area contributed by atoms with E-state index in [0.717, 1.165) is 12.8 Å². The molecule has 2 heterocycles. The lowest BCUT2D eigenvalue weighted by Crippen LogP contribution is -2.49. The molecule has 3 rings (SSSR count). The normalized spacial score (nSPS) is 23.3. The van der Waals surface area contributed by atoms with Gasteiger partial charge in [0.15, 0.2) is 17.6 Å². The summed E-state index contributed by atoms with van der Waals surface area (Å²) >= 11 is 0. The summed E-state index contributed by atoms with van der Waals surface area (Å²) in [4.78, 5) is 12.6. The molecule has 158 valence electrons. The Morgan fingerprint density at radius 2 is 1.93 bits per heavy atom. The van der Waals surface area contributed by atoms with Crippen LogP contribution in [0.5, 0.6) is 5.75 Å². The molecule has 1 atom stereocenters. The van der Waals surface area contributed by atoms with E-state index in [1.54, 1.807) is 24.4 Å². The number of anilines is 1. The lowest BCUT2D eigenvalue weighted by Gasteiger charge is -2.45. The number of hydrogen-bond acceptors (Lipinski definition) is 6. The number of hydrogen-bond donors (Lipinski definition) is 3. The van der Waals surface area contributed by atoms with E-state index < -0.39 is 11.9 Å². The summed E-state index contributed by atoms with van der Waals surface area (Å²) in [7, 11) is 1.44. The molecule has 29 heavy (non-hydrogen) atoms. The number of methoxy groups -OCH3 is 1. The first-order chi connectivity index (χ1) is 13.6. The molecule has 0 spiro atoms. The number of carbonyl (C=O) groups excluding carboxylic acids is 1. The van der Waals surface area contributed by atoms with E-state index in [9.17, 15) is 9.90 Å². The zero-order valence-electron chi connectivity index (χ0n) is 17.6. The number of carbonyl (C=O) groups is 1. The molecule has 2 aliphatic rings. The van der Waals surface area contributed by atoms with E-state index in [1.165, 1.54) is 7.11 Å². The summed E-state index contributed by atoms with van der Waals surface area (Å²) < 4.78 is 17.4. The van der Waals surface area contributed by atoms with Crippen LogP contribution in [0, 0.1) is 0 Å². The van der Waals surface area contributed by atoms with Crippen molar-refractivity contribution in [3.05, 3.63) is 48.1 Å². The van der Waals surface area contributed by atoms with Gasteiger partial charge in [-0.3, -0.25) is 4.79 Å². The second-order valence-electron chi connectivity index (χ2n) is 8.67. The zero-order chi connectivity index (χ0) is 21.2. The number of amides is 1. The molecule has 1 saturated heterocycles. The Bertz CT molecular complexity index is 812. The summed E-state index contributed by atoms with van der Waals surface area (Å²) in [5.41, 5.74) is 0.0593. The first-order valence-electron chi connectivity index (χ1n) is 9.76. The van der Waals surface area contributed by atoms with Gasteiger partial charge in [0, 0.05) is 30.8 Å². The minimum atomic E-state index is -0.920. The minimum Gasteiger partial charge on any atom is -0.506 e. The lowest BCUT2D eigenvalue weighted by molar-refractivity contribution is -0.182. The van der Waals surface area contributed by atoms with Crippen LogP contribution < -0.4 is 15.4 Å². The van der Waals surface area contributed by atoms with Gasteiger partial charge in [-0.05, 0) is 45.9 Å². The van der Waals surface area contributed by atoms with E-state index in [-0.39, 0.29) is 28.8 Å². The number of rotatable bonds is 5. The fourth-order valence-corrected chi connectivity index (χ4v) is 4.04. The number of nitrogens with one attached hydrogen (secondary N) is 2. The van der Waals surface area contributed by atoms with Crippen molar-refractivity contribution in [2.45, 2.75) is 63.9 Å². The van der Waals surface area contributed by atoms with Crippen LogP contribution in [0.4, 0.5) is 5.69 Å². The van der Waals surface area contributed by atoms with Crippen molar-refractivity contribution < 1.29 is 24.1 Å². The second kappa shape index (κ2) is 7.99. The van der Waals surface area contributed by atoms with Crippen molar-refractivity contribution in [3.63, 3.8) is 0 Å². The van der Waals surface area contributed by atoms with E-state index in [1.807, 2.05) is 12.1 Å². The van der Waals surface area contributed by atoms with Crippen LogP contribution >= 0.6 is 0 Å². The maximum atomic E-state index is 12.6. The Morgan fingerprint density at radius 1 is 1.24 bits per heavy atom. The van der Waals surface area contributed by atoms with E-state index in [2.05, 4.69) is 38.3 Å². The highest BCUT2D eigenvalue weighted by Crippen LogP contribution is 2.37. The average molecular weight is 402 g/mol. The average Bonchev–Trinajstić information content (AvgIpc) is 2.59. The zero-order valence-corrected chi connectivity index (χ0v) is 17.6. The Labute approximate surface area is 171 Å². The molecule has 0 bridgehead atoms. The molecule has 2 aliphatic heterocycles.